The molecule has 5 heteroatoms. The van der Waals surface area contributed by atoms with Gasteiger partial charge in [0.2, 0.25) is 0 Å². The van der Waals surface area contributed by atoms with Gasteiger partial charge in [0.05, 0.1) is 12.5 Å². The molecule has 0 aliphatic heterocycles. The molecule has 0 atom stereocenters. The van der Waals surface area contributed by atoms with Crippen LogP contribution in [0.2, 0.25) is 0 Å². The van der Waals surface area contributed by atoms with Crippen molar-refractivity contribution in [1.82, 2.24) is 4.98 Å². The molecule has 2 rings (SSSR count). The van der Waals surface area contributed by atoms with Crippen LogP contribution in [0, 0.1) is 11.3 Å². The second-order valence-electron chi connectivity index (χ2n) is 4.09. The van der Waals surface area contributed by atoms with Crippen molar-refractivity contribution < 1.29 is 4.74 Å². The minimum Gasteiger partial charge on any atom is -0.466 e. The Morgan fingerprint density at radius 1 is 1.25 bits per heavy atom. The number of nitriles is 1. The third-order valence-electron chi connectivity index (χ3n) is 2.58. The van der Waals surface area contributed by atoms with Crippen molar-refractivity contribution in [3.8, 4) is 6.07 Å². The number of nitrogens with zero attached hydrogens (tertiary/aromatic N) is 2. The van der Waals surface area contributed by atoms with Gasteiger partial charge in [-0.1, -0.05) is 18.2 Å². The fourth-order valence-corrected chi connectivity index (χ4v) is 1.76. The topological polar surface area (TPSA) is 57.9 Å². The average molecular weight is 283 g/mol. The highest BCUT2D eigenvalue weighted by atomic mass is 32.1. The highest BCUT2D eigenvalue weighted by Gasteiger charge is 2.00. The highest BCUT2D eigenvalue weighted by molar-refractivity contribution is 7.80. The molecular formula is C15H13N3OS. The quantitative estimate of drug-likeness (QED) is 0.874. The molecule has 2 aromatic rings. The summed E-state index contributed by atoms with van der Waals surface area (Å²) in [5.74, 6) is 0. The van der Waals surface area contributed by atoms with Gasteiger partial charge in [-0.15, -0.1) is 0 Å². The molecule has 1 N–H and O–H groups in total. The summed E-state index contributed by atoms with van der Waals surface area (Å²) in [5, 5.41) is 11.9. The van der Waals surface area contributed by atoms with E-state index >= 15 is 0 Å². The van der Waals surface area contributed by atoms with Gasteiger partial charge in [0, 0.05) is 23.6 Å². The summed E-state index contributed by atoms with van der Waals surface area (Å²) >= 11 is 5.11. The highest BCUT2D eigenvalue weighted by Crippen LogP contribution is 2.10. The Balaban J connectivity index is 1.84. The smallest absolute Gasteiger partial charge is 0.261 e. The van der Waals surface area contributed by atoms with Crippen LogP contribution in [0.3, 0.4) is 0 Å². The largest absolute Gasteiger partial charge is 0.466 e. The van der Waals surface area contributed by atoms with Gasteiger partial charge in [-0.25, -0.2) is 0 Å². The molecule has 0 fully saturated rings. The number of ether oxygens (including phenoxy) is 1. The lowest BCUT2D eigenvalue weighted by molar-refractivity contribution is 0.299. The predicted molar refractivity (Wildman–Crippen MR) is 81.0 cm³/mol. The molecular weight excluding hydrogens is 270 g/mol. The lowest BCUT2D eigenvalue weighted by atomic mass is 10.1. The zero-order chi connectivity index (χ0) is 14.2. The number of anilines is 1. The molecule has 1 aromatic heterocycles. The van der Waals surface area contributed by atoms with E-state index in [1.807, 2.05) is 36.4 Å². The van der Waals surface area contributed by atoms with E-state index in [0.29, 0.717) is 18.2 Å². The van der Waals surface area contributed by atoms with Gasteiger partial charge in [-0.05, 0) is 36.0 Å². The molecule has 100 valence electrons. The van der Waals surface area contributed by atoms with Gasteiger partial charge in [0.1, 0.15) is 6.61 Å². The third kappa shape index (κ3) is 4.34. The first-order chi connectivity index (χ1) is 9.78. The summed E-state index contributed by atoms with van der Waals surface area (Å²) in [5.41, 5.74) is 2.77. The number of hydrogen-bond donors (Lipinski definition) is 1. The lowest BCUT2D eigenvalue weighted by Gasteiger charge is -2.10. The van der Waals surface area contributed by atoms with Crippen LogP contribution >= 0.6 is 12.2 Å². The first-order valence-electron chi connectivity index (χ1n) is 6.06. The zero-order valence-electron chi connectivity index (χ0n) is 10.7. The Morgan fingerprint density at radius 2 is 2.05 bits per heavy atom. The van der Waals surface area contributed by atoms with E-state index in [2.05, 4.69) is 16.4 Å². The first kappa shape index (κ1) is 14.0. The second-order valence-corrected chi connectivity index (χ2v) is 4.47. The van der Waals surface area contributed by atoms with Crippen molar-refractivity contribution in [1.29, 1.82) is 5.26 Å². The fraction of sp³-hybridized carbons (Fsp3) is 0.133. The second kappa shape index (κ2) is 7.22. The summed E-state index contributed by atoms with van der Waals surface area (Å²) in [4.78, 5) is 4.00. The molecule has 0 bridgehead atoms. The number of hydrogen-bond acceptors (Lipinski definition) is 4. The summed E-state index contributed by atoms with van der Waals surface area (Å²) in [6, 6.07) is 13.4. The summed E-state index contributed by atoms with van der Waals surface area (Å²) in [7, 11) is 0. The Labute approximate surface area is 123 Å². The van der Waals surface area contributed by atoms with E-state index in [1.54, 1.807) is 12.4 Å². The maximum atomic E-state index is 8.60. The first-order valence-corrected chi connectivity index (χ1v) is 6.47. The molecule has 0 saturated carbocycles. The van der Waals surface area contributed by atoms with Gasteiger partial charge in [-0.2, -0.15) is 5.26 Å². The van der Waals surface area contributed by atoms with Crippen molar-refractivity contribution in [2.75, 3.05) is 5.32 Å². The van der Waals surface area contributed by atoms with E-state index in [9.17, 15) is 0 Å². The number of aromatic nitrogens is 1. The van der Waals surface area contributed by atoms with Crippen LogP contribution in [-0.4, -0.2) is 10.2 Å². The normalized spacial score (nSPS) is 9.55. The predicted octanol–water partition coefficient (Wildman–Crippen LogP) is 3.06. The molecule has 4 nitrogen and oxygen atoms in total. The number of thiocarbonyl (C=S) groups is 1. The van der Waals surface area contributed by atoms with Crippen LogP contribution in [0.25, 0.3) is 0 Å². The average Bonchev–Trinajstić information content (AvgIpc) is 2.49. The molecule has 1 aromatic carbocycles. The molecule has 0 saturated heterocycles. The van der Waals surface area contributed by atoms with Gasteiger partial charge in [-0.3, -0.25) is 4.98 Å². The minimum atomic E-state index is 0.307. The van der Waals surface area contributed by atoms with E-state index in [0.717, 1.165) is 16.8 Å². The molecule has 0 aliphatic carbocycles. The van der Waals surface area contributed by atoms with Crippen molar-refractivity contribution in [3.05, 3.63) is 59.9 Å². The van der Waals surface area contributed by atoms with E-state index in [-0.39, 0.29) is 0 Å². The standard InChI is InChI=1S/C15H13N3OS/c16-8-7-12-3-5-14(6-4-12)18-15(20)19-11-13-2-1-9-17-10-13/h1-6,9-10H,7,11H2,(H,18,20). The summed E-state index contributed by atoms with van der Waals surface area (Å²) in [6.45, 7) is 0.381. The van der Waals surface area contributed by atoms with Crippen LogP contribution in [0.1, 0.15) is 11.1 Å². The van der Waals surface area contributed by atoms with Gasteiger partial charge >= 0.3 is 0 Å². The number of benzene rings is 1. The maximum Gasteiger partial charge on any atom is 0.261 e. The number of pyridine rings is 1. The Bertz CT molecular complexity index is 605. The molecule has 0 radical (unpaired) electrons. The molecule has 20 heavy (non-hydrogen) atoms. The molecule has 1 heterocycles. The zero-order valence-corrected chi connectivity index (χ0v) is 11.6. The Hall–Kier alpha value is -2.45. The van der Waals surface area contributed by atoms with Crippen molar-refractivity contribution in [2.24, 2.45) is 0 Å². The molecule has 0 unspecified atom stereocenters. The third-order valence-corrected chi connectivity index (χ3v) is 2.80. The van der Waals surface area contributed by atoms with Crippen molar-refractivity contribution in [3.63, 3.8) is 0 Å². The van der Waals surface area contributed by atoms with E-state index in [1.165, 1.54) is 0 Å². The van der Waals surface area contributed by atoms with Crippen molar-refractivity contribution in [2.45, 2.75) is 13.0 Å². The summed E-state index contributed by atoms with van der Waals surface area (Å²) < 4.78 is 5.44. The van der Waals surface area contributed by atoms with Gasteiger partial charge in [0.15, 0.2) is 0 Å². The maximum absolute atomic E-state index is 8.60. The minimum absolute atomic E-state index is 0.307. The molecule has 0 amide bonds. The van der Waals surface area contributed by atoms with E-state index < -0.39 is 0 Å². The van der Waals surface area contributed by atoms with E-state index in [4.69, 9.17) is 22.2 Å². The lowest BCUT2D eigenvalue weighted by Crippen LogP contribution is -2.13. The summed E-state index contributed by atoms with van der Waals surface area (Å²) in [6.07, 6.45) is 3.85. The van der Waals surface area contributed by atoms with Crippen LogP contribution < -0.4 is 5.32 Å². The monoisotopic (exact) mass is 283 g/mol. The number of rotatable bonds is 4. The SMILES string of the molecule is N#CCc1ccc(NC(=S)OCc2cccnc2)cc1. The number of nitrogens with one attached hydrogen (secondary N) is 1. The van der Waals surface area contributed by atoms with Crippen LogP contribution in [0.4, 0.5) is 5.69 Å². The van der Waals surface area contributed by atoms with Crippen molar-refractivity contribution >= 4 is 23.1 Å². The van der Waals surface area contributed by atoms with Crippen LogP contribution in [-0.2, 0) is 17.8 Å². The van der Waals surface area contributed by atoms with Gasteiger partial charge < -0.3 is 10.1 Å². The molecule has 0 aliphatic rings. The van der Waals surface area contributed by atoms with Crippen LogP contribution in [0.5, 0.6) is 0 Å². The van der Waals surface area contributed by atoms with Gasteiger partial charge in [0.25, 0.3) is 5.17 Å². The Kier molecular flexibility index (Phi) is 5.04. The Morgan fingerprint density at radius 3 is 2.70 bits per heavy atom. The fourth-order valence-electron chi connectivity index (χ4n) is 1.58. The van der Waals surface area contributed by atoms with Crippen LogP contribution in [0.15, 0.2) is 48.8 Å². The molecule has 0 spiro atoms.